The number of nitrogens with zero attached hydrogens (tertiary/aromatic N) is 1. The summed E-state index contributed by atoms with van der Waals surface area (Å²) >= 11 is -1.90. The van der Waals surface area contributed by atoms with Crippen LogP contribution in [0.4, 0.5) is 10.5 Å². The van der Waals surface area contributed by atoms with Gasteiger partial charge in [-0.15, -0.1) is 0 Å². The first-order chi connectivity index (χ1) is 14.7. The minimum Gasteiger partial charge on any atom is -0.495 e. The van der Waals surface area contributed by atoms with Crippen molar-refractivity contribution < 1.29 is 37.1 Å². The highest BCUT2D eigenvalue weighted by molar-refractivity contribution is 7.80. The molecule has 2 rings (SSSR count). The van der Waals surface area contributed by atoms with Crippen molar-refractivity contribution in [2.45, 2.75) is 51.2 Å². The van der Waals surface area contributed by atoms with E-state index >= 15 is 0 Å². The smallest absolute Gasteiger partial charge is 0.418 e. The van der Waals surface area contributed by atoms with E-state index in [-0.39, 0.29) is 16.3 Å². The van der Waals surface area contributed by atoms with Crippen molar-refractivity contribution in [1.82, 2.24) is 10.4 Å². The van der Waals surface area contributed by atoms with Crippen molar-refractivity contribution in [1.29, 1.82) is 0 Å². The van der Waals surface area contributed by atoms with Crippen molar-refractivity contribution in [2.75, 3.05) is 19.5 Å². The SMILES string of the molecule is CNOS(=O)c1ccc(OC)c(NC(=O)C(C(=O)C(C)(C)C)N2C(=O)OC(C)(C)C2=O)c1. The van der Waals surface area contributed by atoms with Crippen molar-refractivity contribution in [3.63, 3.8) is 0 Å². The number of nitrogens with one attached hydrogen (secondary N) is 2. The number of hydrogen-bond acceptors (Lipinski definition) is 9. The molecule has 0 bridgehead atoms. The van der Waals surface area contributed by atoms with Gasteiger partial charge in [-0.2, -0.15) is 9.76 Å². The number of carbonyl (C=O) groups excluding carboxylic acids is 4. The third-order valence-corrected chi connectivity index (χ3v) is 5.50. The first-order valence-electron chi connectivity index (χ1n) is 9.60. The number of benzene rings is 1. The number of rotatable bonds is 8. The van der Waals surface area contributed by atoms with E-state index in [0.29, 0.717) is 4.90 Å². The molecule has 0 spiro atoms. The van der Waals surface area contributed by atoms with Gasteiger partial charge in [0, 0.05) is 12.5 Å². The largest absolute Gasteiger partial charge is 0.495 e. The van der Waals surface area contributed by atoms with E-state index < -0.39 is 51.8 Å². The first-order valence-corrected chi connectivity index (χ1v) is 10.7. The summed E-state index contributed by atoms with van der Waals surface area (Å²) in [6.07, 6.45) is -1.10. The molecule has 2 atom stereocenters. The number of ether oxygens (including phenoxy) is 2. The Bertz CT molecular complexity index is 970. The third kappa shape index (κ3) is 5.14. The Morgan fingerprint density at radius 3 is 2.31 bits per heavy atom. The molecule has 3 amide bonds. The monoisotopic (exact) mass is 469 g/mol. The summed E-state index contributed by atoms with van der Waals surface area (Å²) in [5.41, 5.74) is -0.223. The maximum atomic E-state index is 13.3. The van der Waals surface area contributed by atoms with E-state index in [1.165, 1.54) is 46.2 Å². The molecule has 0 saturated carbocycles. The van der Waals surface area contributed by atoms with Gasteiger partial charge < -0.3 is 14.8 Å². The van der Waals surface area contributed by atoms with Crippen LogP contribution in [0.2, 0.25) is 0 Å². The number of hydrogen-bond donors (Lipinski definition) is 2. The zero-order valence-electron chi connectivity index (χ0n) is 18.9. The van der Waals surface area contributed by atoms with Crippen molar-refractivity contribution in [3.8, 4) is 5.75 Å². The summed E-state index contributed by atoms with van der Waals surface area (Å²) in [6.45, 7) is 7.42. The van der Waals surface area contributed by atoms with E-state index in [1.807, 2.05) is 0 Å². The zero-order chi connectivity index (χ0) is 24.4. The summed E-state index contributed by atoms with van der Waals surface area (Å²) in [6, 6.07) is 2.45. The highest BCUT2D eigenvalue weighted by atomic mass is 32.2. The molecule has 1 heterocycles. The molecule has 1 aliphatic rings. The van der Waals surface area contributed by atoms with E-state index in [9.17, 15) is 23.4 Å². The molecule has 2 N–H and O–H groups in total. The molecule has 1 aromatic rings. The number of ketones is 1. The lowest BCUT2D eigenvalue weighted by Crippen LogP contribution is -2.55. The number of carbonyl (C=O) groups is 4. The normalized spacial score (nSPS) is 17.5. The van der Waals surface area contributed by atoms with Crippen molar-refractivity contribution in [3.05, 3.63) is 18.2 Å². The fourth-order valence-electron chi connectivity index (χ4n) is 2.88. The number of cyclic esters (lactones) is 1. The Balaban J connectivity index is 2.49. The van der Waals surface area contributed by atoms with Crippen LogP contribution in [0.25, 0.3) is 0 Å². The second-order valence-corrected chi connectivity index (χ2v) is 9.55. The van der Waals surface area contributed by atoms with E-state index in [2.05, 4.69) is 10.8 Å². The molecule has 1 saturated heterocycles. The molecule has 0 aromatic heterocycles. The Labute approximate surface area is 188 Å². The van der Waals surface area contributed by atoms with Crippen LogP contribution >= 0.6 is 0 Å². The molecule has 1 fully saturated rings. The Morgan fingerprint density at radius 1 is 1.22 bits per heavy atom. The predicted molar refractivity (Wildman–Crippen MR) is 114 cm³/mol. The second kappa shape index (κ2) is 9.35. The zero-order valence-corrected chi connectivity index (χ0v) is 19.7. The van der Waals surface area contributed by atoms with Gasteiger partial charge in [0.15, 0.2) is 17.4 Å². The molecule has 1 aromatic carbocycles. The van der Waals surface area contributed by atoms with Crippen molar-refractivity contribution >= 4 is 40.5 Å². The van der Waals surface area contributed by atoms with E-state index in [4.69, 9.17) is 13.8 Å². The molecule has 32 heavy (non-hydrogen) atoms. The summed E-state index contributed by atoms with van der Waals surface area (Å²) in [5, 5.41) is 2.50. The Hall–Kier alpha value is -2.83. The Morgan fingerprint density at radius 2 is 1.84 bits per heavy atom. The standard InChI is InChI=1S/C20H27N3O8S/c1-19(2,3)15(24)14(23-17(26)20(4,5)30-18(23)27)16(25)22-12-10-11(32(28)31-21-6)8-9-13(12)29-7/h8-10,14,21H,1-7H3,(H,22,25). The van der Waals surface area contributed by atoms with Crippen LogP contribution < -0.4 is 15.5 Å². The highest BCUT2D eigenvalue weighted by Crippen LogP contribution is 2.31. The molecule has 11 nitrogen and oxygen atoms in total. The fourth-order valence-corrected chi connectivity index (χ4v) is 3.52. The lowest BCUT2D eigenvalue weighted by atomic mass is 9.85. The summed E-state index contributed by atoms with van der Waals surface area (Å²) < 4.78 is 27.2. The van der Waals surface area contributed by atoms with Gasteiger partial charge in [0.2, 0.25) is 11.1 Å². The minimum absolute atomic E-state index is 0.0639. The number of amides is 3. The number of methoxy groups -OCH3 is 1. The van der Waals surface area contributed by atoms with Gasteiger partial charge in [0.05, 0.1) is 17.7 Å². The fraction of sp³-hybridized carbons (Fsp3) is 0.500. The highest BCUT2D eigenvalue weighted by Gasteiger charge is 2.55. The molecular formula is C20H27N3O8S. The van der Waals surface area contributed by atoms with Crippen LogP contribution in [-0.4, -0.2) is 58.6 Å². The summed E-state index contributed by atoms with van der Waals surface area (Å²) in [4.78, 5) is 52.3. The number of hydroxylamine groups is 1. The minimum atomic E-state index is -1.90. The van der Waals surface area contributed by atoms with Gasteiger partial charge in [0.25, 0.3) is 11.8 Å². The molecule has 12 heteroatoms. The first kappa shape index (κ1) is 25.4. The van der Waals surface area contributed by atoms with Crippen LogP contribution in [0.3, 0.4) is 0 Å². The lowest BCUT2D eigenvalue weighted by molar-refractivity contribution is -0.145. The maximum absolute atomic E-state index is 13.3. The van der Waals surface area contributed by atoms with Gasteiger partial charge in [-0.1, -0.05) is 20.8 Å². The quantitative estimate of drug-likeness (QED) is 0.428. The van der Waals surface area contributed by atoms with Gasteiger partial charge in [-0.05, 0) is 32.0 Å². The molecule has 1 aliphatic heterocycles. The van der Waals surface area contributed by atoms with Crippen LogP contribution in [-0.2, 0) is 34.5 Å². The molecule has 0 aliphatic carbocycles. The van der Waals surface area contributed by atoms with Crippen LogP contribution in [0, 0.1) is 5.41 Å². The summed E-state index contributed by atoms with van der Waals surface area (Å²) in [7, 11) is 2.79. The van der Waals surface area contributed by atoms with E-state index in [0.717, 1.165) is 0 Å². The van der Waals surface area contributed by atoms with Crippen LogP contribution in [0.15, 0.2) is 23.1 Å². The second-order valence-electron chi connectivity index (χ2n) is 8.44. The van der Waals surface area contributed by atoms with Gasteiger partial charge in [-0.25, -0.2) is 13.9 Å². The summed E-state index contributed by atoms with van der Waals surface area (Å²) in [5.74, 6) is -2.25. The third-order valence-electron chi connectivity index (χ3n) is 4.55. The van der Waals surface area contributed by atoms with Crippen molar-refractivity contribution in [2.24, 2.45) is 5.41 Å². The molecule has 176 valence electrons. The van der Waals surface area contributed by atoms with Gasteiger partial charge in [0.1, 0.15) is 5.75 Å². The van der Waals surface area contributed by atoms with Crippen LogP contribution in [0.5, 0.6) is 5.75 Å². The van der Waals surface area contributed by atoms with Gasteiger partial charge >= 0.3 is 6.09 Å². The average molecular weight is 470 g/mol. The van der Waals surface area contributed by atoms with Gasteiger partial charge in [-0.3, -0.25) is 14.4 Å². The number of Topliss-reactive ketones (excluding diaryl/α,β-unsaturated/α-hetero) is 1. The van der Waals surface area contributed by atoms with E-state index in [1.54, 1.807) is 20.8 Å². The average Bonchev–Trinajstić information content (AvgIpc) is 2.89. The topological polar surface area (TPSA) is 140 Å². The molecule has 0 radical (unpaired) electrons. The maximum Gasteiger partial charge on any atom is 0.418 e. The lowest BCUT2D eigenvalue weighted by Gasteiger charge is -2.28. The molecule has 2 unspecified atom stereocenters. The number of anilines is 1. The van der Waals surface area contributed by atoms with Crippen LogP contribution in [0.1, 0.15) is 34.6 Å². The predicted octanol–water partition coefficient (Wildman–Crippen LogP) is 1.55. The molecular weight excluding hydrogens is 442 g/mol. The Kier molecular flexibility index (Phi) is 7.43. The number of imide groups is 1.